The monoisotopic (exact) mass is 599 g/mol. The molecule has 1 N–H and O–H groups in total. The van der Waals surface area contributed by atoms with Crippen LogP contribution in [0.3, 0.4) is 0 Å². The van der Waals surface area contributed by atoms with E-state index >= 15 is 0 Å². The van der Waals surface area contributed by atoms with Gasteiger partial charge in [-0.15, -0.1) is 0 Å². The van der Waals surface area contributed by atoms with Gasteiger partial charge in [0.15, 0.2) is 0 Å². The Morgan fingerprint density at radius 1 is 0.814 bits per heavy atom. The van der Waals surface area contributed by atoms with Gasteiger partial charge in [0.05, 0.1) is 17.7 Å². The second kappa shape index (κ2) is 14.0. The van der Waals surface area contributed by atoms with E-state index in [-0.39, 0.29) is 29.5 Å². The van der Waals surface area contributed by atoms with Crippen LogP contribution in [0.2, 0.25) is 0 Å². The Hall–Kier alpha value is -4.63. The number of likely N-dealkylation sites (N-methyl/N-ethyl adjacent to an activating group) is 1. The highest BCUT2D eigenvalue weighted by atomic mass is 32.2. The van der Waals surface area contributed by atoms with Gasteiger partial charge in [-0.25, -0.2) is 8.42 Å². The van der Waals surface area contributed by atoms with Gasteiger partial charge in [0.1, 0.15) is 18.3 Å². The zero-order chi connectivity index (χ0) is 31.0. The molecule has 0 bridgehead atoms. The van der Waals surface area contributed by atoms with E-state index in [0.717, 1.165) is 26.6 Å². The standard InChI is InChI=1S/C34H37N3O5S/c1-25-16-18-31(19-17-25)43(40,41)37(29-14-9-15-30(22-29)42-4)24-33(38)36(23-28-13-8-10-26(2)20-28)32(34(39)35-3)21-27-11-6-5-7-12-27/h5-20,22,32H,21,23-24H2,1-4H3,(H,35,39). The molecule has 0 radical (unpaired) electrons. The van der Waals surface area contributed by atoms with Crippen molar-refractivity contribution >= 4 is 27.5 Å². The third-order valence-corrected chi connectivity index (χ3v) is 8.97. The summed E-state index contributed by atoms with van der Waals surface area (Å²) >= 11 is 0. The van der Waals surface area contributed by atoms with Crippen LogP contribution in [0, 0.1) is 13.8 Å². The number of carbonyl (C=O) groups excluding carboxylic acids is 2. The minimum atomic E-state index is -4.18. The lowest BCUT2D eigenvalue weighted by Gasteiger charge is -2.33. The second-order valence-corrected chi connectivity index (χ2v) is 12.2. The lowest BCUT2D eigenvalue weighted by atomic mass is 10.0. The van der Waals surface area contributed by atoms with Crippen molar-refractivity contribution in [1.82, 2.24) is 10.2 Å². The summed E-state index contributed by atoms with van der Waals surface area (Å²) in [5.41, 5.74) is 3.87. The topological polar surface area (TPSA) is 96.0 Å². The average Bonchev–Trinajstić information content (AvgIpc) is 3.01. The van der Waals surface area contributed by atoms with Crippen molar-refractivity contribution in [3.8, 4) is 5.75 Å². The molecule has 2 amide bonds. The van der Waals surface area contributed by atoms with Crippen LogP contribution in [0.15, 0.2) is 108 Å². The van der Waals surface area contributed by atoms with E-state index in [4.69, 9.17) is 4.74 Å². The molecule has 4 rings (SSSR count). The summed E-state index contributed by atoms with van der Waals surface area (Å²) in [7, 11) is -1.17. The van der Waals surface area contributed by atoms with Crippen molar-refractivity contribution in [3.63, 3.8) is 0 Å². The van der Waals surface area contributed by atoms with Gasteiger partial charge < -0.3 is 15.0 Å². The molecule has 0 aliphatic heterocycles. The van der Waals surface area contributed by atoms with E-state index < -0.39 is 28.5 Å². The Labute approximate surface area is 254 Å². The molecule has 0 aliphatic rings. The van der Waals surface area contributed by atoms with Crippen LogP contribution >= 0.6 is 0 Å². The van der Waals surface area contributed by atoms with Gasteiger partial charge in [-0.1, -0.05) is 83.9 Å². The van der Waals surface area contributed by atoms with E-state index in [1.807, 2.05) is 68.4 Å². The fourth-order valence-electron chi connectivity index (χ4n) is 4.86. The van der Waals surface area contributed by atoms with E-state index in [0.29, 0.717) is 5.75 Å². The molecule has 0 spiro atoms. The molecule has 0 saturated carbocycles. The van der Waals surface area contributed by atoms with Crippen molar-refractivity contribution in [2.45, 2.75) is 37.8 Å². The predicted octanol–water partition coefficient (Wildman–Crippen LogP) is 4.89. The normalized spacial score (nSPS) is 11.8. The van der Waals surface area contributed by atoms with Gasteiger partial charge in [-0.2, -0.15) is 0 Å². The molecule has 1 unspecified atom stereocenters. The fourth-order valence-corrected chi connectivity index (χ4v) is 6.27. The molecular formula is C34H37N3O5S. The highest BCUT2D eigenvalue weighted by molar-refractivity contribution is 7.92. The summed E-state index contributed by atoms with van der Waals surface area (Å²) in [6, 6.07) is 29.3. The first-order chi connectivity index (χ1) is 20.6. The minimum Gasteiger partial charge on any atom is -0.497 e. The quantitative estimate of drug-likeness (QED) is 0.250. The number of methoxy groups -OCH3 is 1. The predicted molar refractivity (Wildman–Crippen MR) is 168 cm³/mol. The number of carbonyl (C=O) groups is 2. The first-order valence-electron chi connectivity index (χ1n) is 14.0. The average molecular weight is 600 g/mol. The lowest BCUT2D eigenvalue weighted by Crippen LogP contribution is -2.53. The summed E-state index contributed by atoms with van der Waals surface area (Å²) < 4.78 is 34.6. The number of rotatable bonds is 12. The highest BCUT2D eigenvalue weighted by Gasteiger charge is 2.34. The number of amides is 2. The van der Waals surface area contributed by atoms with Crippen LogP contribution in [-0.2, 0) is 32.6 Å². The number of nitrogens with one attached hydrogen (secondary N) is 1. The SMILES string of the molecule is CNC(=O)C(Cc1ccccc1)N(Cc1cccc(C)c1)C(=O)CN(c1cccc(OC)c1)S(=O)(=O)c1ccc(C)cc1. The number of benzene rings is 4. The summed E-state index contributed by atoms with van der Waals surface area (Å²) in [5, 5.41) is 2.70. The minimum absolute atomic E-state index is 0.0473. The third kappa shape index (κ3) is 7.81. The van der Waals surface area contributed by atoms with Crippen LogP contribution in [0.4, 0.5) is 5.69 Å². The van der Waals surface area contributed by atoms with Gasteiger partial charge in [-0.05, 0) is 49.2 Å². The molecule has 9 heteroatoms. The number of hydrogen-bond donors (Lipinski definition) is 1. The van der Waals surface area contributed by atoms with Crippen LogP contribution in [-0.4, -0.2) is 51.9 Å². The summed E-state index contributed by atoms with van der Waals surface area (Å²) in [6.07, 6.45) is 0.252. The fraction of sp³-hybridized carbons (Fsp3) is 0.235. The summed E-state index contributed by atoms with van der Waals surface area (Å²) in [6.45, 7) is 3.41. The third-order valence-electron chi connectivity index (χ3n) is 7.18. The number of sulfonamides is 1. The molecule has 4 aromatic rings. The van der Waals surface area contributed by atoms with E-state index in [2.05, 4.69) is 5.32 Å². The number of anilines is 1. The molecule has 0 saturated heterocycles. The zero-order valence-electron chi connectivity index (χ0n) is 24.9. The van der Waals surface area contributed by atoms with Crippen LogP contribution < -0.4 is 14.4 Å². The van der Waals surface area contributed by atoms with Gasteiger partial charge in [-0.3, -0.25) is 13.9 Å². The zero-order valence-corrected chi connectivity index (χ0v) is 25.7. The van der Waals surface area contributed by atoms with Gasteiger partial charge in [0, 0.05) is 26.1 Å². The highest BCUT2D eigenvalue weighted by Crippen LogP contribution is 2.28. The van der Waals surface area contributed by atoms with Crippen LogP contribution in [0.5, 0.6) is 5.75 Å². The molecule has 224 valence electrons. The molecule has 0 aliphatic carbocycles. The van der Waals surface area contributed by atoms with Crippen molar-refractivity contribution in [2.24, 2.45) is 0 Å². The maximum atomic E-state index is 14.4. The first-order valence-corrected chi connectivity index (χ1v) is 15.4. The van der Waals surface area contributed by atoms with Gasteiger partial charge >= 0.3 is 0 Å². The van der Waals surface area contributed by atoms with E-state index in [1.54, 1.807) is 36.4 Å². The Bertz CT molecular complexity index is 1660. The van der Waals surface area contributed by atoms with Crippen molar-refractivity contribution in [1.29, 1.82) is 0 Å². The van der Waals surface area contributed by atoms with Crippen molar-refractivity contribution < 1.29 is 22.7 Å². The summed E-state index contributed by atoms with van der Waals surface area (Å²) in [4.78, 5) is 29.2. The molecule has 1 atom stereocenters. The Balaban J connectivity index is 1.80. The first kappa shape index (κ1) is 31.3. The number of hydrogen-bond acceptors (Lipinski definition) is 5. The van der Waals surface area contributed by atoms with Gasteiger partial charge in [0.25, 0.3) is 10.0 Å². The van der Waals surface area contributed by atoms with Crippen molar-refractivity contribution in [2.75, 3.05) is 25.0 Å². The molecule has 8 nitrogen and oxygen atoms in total. The number of nitrogens with zero attached hydrogens (tertiary/aromatic N) is 2. The molecule has 0 heterocycles. The van der Waals surface area contributed by atoms with Crippen molar-refractivity contribution in [3.05, 3.63) is 125 Å². The Kier molecular flexibility index (Phi) is 10.2. The number of ether oxygens (including phenoxy) is 1. The van der Waals surface area contributed by atoms with Crippen LogP contribution in [0.1, 0.15) is 22.3 Å². The molecule has 0 fully saturated rings. The summed E-state index contributed by atoms with van der Waals surface area (Å²) in [5.74, 6) is -0.429. The molecule has 0 aromatic heterocycles. The molecular weight excluding hydrogens is 562 g/mol. The number of aryl methyl sites for hydroxylation is 2. The van der Waals surface area contributed by atoms with Crippen LogP contribution in [0.25, 0.3) is 0 Å². The Morgan fingerprint density at radius 3 is 2.14 bits per heavy atom. The Morgan fingerprint density at radius 2 is 1.49 bits per heavy atom. The smallest absolute Gasteiger partial charge is 0.264 e. The lowest BCUT2D eigenvalue weighted by molar-refractivity contribution is -0.139. The van der Waals surface area contributed by atoms with E-state index in [1.165, 1.54) is 31.2 Å². The second-order valence-electron chi connectivity index (χ2n) is 10.4. The van der Waals surface area contributed by atoms with E-state index in [9.17, 15) is 18.0 Å². The van der Waals surface area contributed by atoms with Gasteiger partial charge in [0.2, 0.25) is 11.8 Å². The largest absolute Gasteiger partial charge is 0.497 e. The molecule has 43 heavy (non-hydrogen) atoms. The maximum absolute atomic E-state index is 14.4. The molecule has 4 aromatic carbocycles. The maximum Gasteiger partial charge on any atom is 0.264 e.